The molecule has 0 bridgehead atoms. The summed E-state index contributed by atoms with van der Waals surface area (Å²) in [5, 5.41) is 1.21. The Morgan fingerprint density at radius 3 is 2.61 bits per heavy atom. The van der Waals surface area contributed by atoms with E-state index in [0.29, 0.717) is 6.04 Å². The van der Waals surface area contributed by atoms with Gasteiger partial charge in [0.25, 0.3) is 0 Å². The van der Waals surface area contributed by atoms with Crippen LogP contribution in [-0.2, 0) is 0 Å². The fourth-order valence-corrected chi connectivity index (χ4v) is 2.33. The van der Waals surface area contributed by atoms with Gasteiger partial charge in [-0.1, -0.05) is 30.4 Å². The van der Waals surface area contributed by atoms with E-state index in [9.17, 15) is 0 Å². The van der Waals surface area contributed by atoms with Gasteiger partial charge in [0.05, 0.1) is 11.9 Å². The molecule has 0 saturated carbocycles. The van der Waals surface area contributed by atoms with E-state index >= 15 is 0 Å². The highest BCUT2D eigenvalue weighted by Crippen LogP contribution is 2.35. The molecule has 0 fully saturated rings. The van der Waals surface area contributed by atoms with E-state index in [1.54, 1.807) is 0 Å². The van der Waals surface area contributed by atoms with Gasteiger partial charge in [-0.15, -0.1) is 0 Å². The van der Waals surface area contributed by atoms with Gasteiger partial charge in [0.1, 0.15) is 5.82 Å². The molecular weight excluding hydrogens is 222 g/mol. The van der Waals surface area contributed by atoms with Crippen molar-refractivity contribution in [3.05, 3.63) is 35.9 Å². The normalized spacial score (nSPS) is 12.4. The first-order valence-corrected chi connectivity index (χ1v) is 6.20. The van der Waals surface area contributed by atoms with Gasteiger partial charge in [-0.25, -0.2) is 4.99 Å². The summed E-state index contributed by atoms with van der Waals surface area (Å²) in [5.41, 5.74) is 7.81. The molecule has 1 aromatic carbocycles. The van der Waals surface area contributed by atoms with Crippen LogP contribution in [0.5, 0.6) is 0 Å². The Morgan fingerprint density at radius 1 is 1.28 bits per heavy atom. The van der Waals surface area contributed by atoms with Crippen molar-refractivity contribution in [2.24, 2.45) is 10.7 Å². The first-order valence-electron chi connectivity index (χ1n) is 6.20. The Kier molecular flexibility index (Phi) is 3.51. The average molecular weight is 241 g/mol. The third kappa shape index (κ3) is 1.92. The Hall–Kier alpha value is -2.03. The summed E-state index contributed by atoms with van der Waals surface area (Å²) in [5.74, 6) is 0.923. The monoisotopic (exact) mass is 241 g/mol. The zero-order valence-corrected chi connectivity index (χ0v) is 11.1. The molecular formula is C15H19N3. The van der Waals surface area contributed by atoms with Crippen molar-refractivity contribution in [2.45, 2.75) is 26.8 Å². The Balaban J connectivity index is 2.90. The number of hydrogen-bond donors (Lipinski definition) is 1. The Bertz CT molecular complexity index is 603. The summed E-state index contributed by atoms with van der Waals surface area (Å²) in [7, 11) is 0. The lowest BCUT2D eigenvalue weighted by Crippen LogP contribution is -2.00. The van der Waals surface area contributed by atoms with Gasteiger partial charge >= 0.3 is 0 Å². The van der Waals surface area contributed by atoms with E-state index in [1.165, 1.54) is 17.2 Å². The summed E-state index contributed by atoms with van der Waals surface area (Å²) in [4.78, 5) is 4.35. The highest BCUT2D eigenvalue weighted by atomic mass is 15.1. The van der Waals surface area contributed by atoms with Gasteiger partial charge in [-0.05, 0) is 26.8 Å². The summed E-state index contributed by atoms with van der Waals surface area (Å²) in [6, 6.07) is 8.69. The van der Waals surface area contributed by atoms with Gasteiger partial charge in [0.2, 0.25) is 0 Å². The highest BCUT2D eigenvalue weighted by Gasteiger charge is 2.15. The molecule has 0 atom stereocenters. The van der Waals surface area contributed by atoms with Crippen LogP contribution in [0.1, 0.15) is 32.4 Å². The molecule has 2 rings (SSSR count). The third-order valence-corrected chi connectivity index (χ3v) is 2.97. The molecule has 1 heterocycles. The van der Waals surface area contributed by atoms with Crippen LogP contribution in [0.15, 0.2) is 35.3 Å². The molecule has 2 N–H and O–H groups in total. The number of para-hydroxylation sites is 1. The van der Waals surface area contributed by atoms with Crippen molar-refractivity contribution in [3.8, 4) is 0 Å². The fraction of sp³-hybridized carbons (Fsp3) is 0.267. The third-order valence-electron chi connectivity index (χ3n) is 2.97. The molecule has 1 aromatic heterocycles. The Morgan fingerprint density at radius 2 is 2.00 bits per heavy atom. The van der Waals surface area contributed by atoms with Gasteiger partial charge in [-0.2, -0.15) is 0 Å². The molecule has 2 aromatic rings. The van der Waals surface area contributed by atoms with Crippen molar-refractivity contribution in [1.82, 2.24) is 4.57 Å². The van der Waals surface area contributed by atoms with Crippen LogP contribution in [0, 0.1) is 0 Å². The van der Waals surface area contributed by atoms with E-state index in [2.05, 4.69) is 53.7 Å². The maximum atomic E-state index is 5.49. The lowest BCUT2D eigenvalue weighted by molar-refractivity contribution is 0.626. The van der Waals surface area contributed by atoms with Crippen LogP contribution in [0.4, 0.5) is 5.82 Å². The minimum absolute atomic E-state index is 0.340. The van der Waals surface area contributed by atoms with Crippen LogP contribution in [0.3, 0.4) is 0 Å². The molecule has 94 valence electrons. The summed E-state index contributed by atoms with van der Waals surface area (Å²) in [6.07, 6.45) is 5.48. The quantitative estimate of drug-likeness (QED) is 0.643. The lowest BCUT2D eigenvalue weighted by atomic mass is 10.1. The number of allylic oxidation sites excluding steroid dienone is 1. The van der Waals surface area contributed by atoms with Crippen molar-refractivity contribution < 1.29 is 0 Å². The van der Waals surface area contributed by atoms with Crippen molar-refractivity contribution in [2.75, 3.05) is 0 Å². The number of nitrogens with zero attached hydrogens (tertiary/aromatic N) is 2. The number of benzene rings is 1. The average Bonchev–Trinajstić information content (AvgIpc) is 2.65. The molecule has 0 spiro atoms. The number of aliphatic imine (C=N–C) groups is 1. The molecule has 3 nitrogen and oxygen atoms in total. The van der Waals surface area contributed by atoms with Gasteiger partial charge in [0, 0.05) is 17.0 Å². The summed E-state index contributed by atoms with van der Waals surface area (Å²) >= 11 is 0. The highest BCUT2D eigenvalue weighted by molar-refractivity contribution is 5.95. The number of fused-ring (bicyclic) bond motifs is 1. The second kappa shape index (κ2) is 5.08. The fourth-order valence-electron chi connectivity index (χ4n) is 2.33. The van der Waals surface area contributed by atoms with E-state index in [4.69, 9.17) is 5.73 Å². The second-order valence-electron chi connectivity index (χ2n) is 4.50. The van der Waals surface area contributed by atoms with E-state index in [-0.39, 0.29) is 0 Å². The minimum Gasteiger partial charge on any atom is -0.390 e. The number of nitrogens with two attached hydrogens (primary N) is 1. The molecule has 0 unspecified atom stereocenters. The van der Waals surface area contributed by atoms with Crippen LogP contribution >= 0.6 is 0 Å². The molecule has 0 saturated heterocycles. The molecule has 0 radical (unpaired) electrons. The van der Waals surface area contributed by atoms with Crippen molar-refractivity contribution in [3.63, 3.8) is 0 Å². The smallest absolute Gasteiger partial charge is 0.142 e. The maximum Gasteiger partial charge on any atom is 0.142 e. The Labute approximate surface area is 108 Å². The second-order valence-corrected chi connectivity index (χ2v) is 4.50. The molecule has 3 heteroatoms. The predicted octanol–water partition coefficient (Wildman–Crippen LogP) is 3.87. The molecule has 18 heavy (non-hydrogen) atoms. The largest absolute Gasteiger partial charge is 0.390 e. The van der Waals surface area contributed by atoms with Crippen molar-refractivity contribution in [1.29, 1.82) is 0 Å². The molecule has 0 aliphatic carbocycles. The van der Waals surface area contributed by atoms with Gasteiger partial charge in [0.15, 0.2) is 0 Å². The first-order chi connectivity index (χ1) is 8.70. The lowest BCUT2D eigenvalue weighted by Gasteiger charge is -2.11. The topological polar surface area (TPSA) is 43.3 Å². The van der Waals surface area contributed by atoms with Crippen LogP contribution < -0.4 is 5.73 Å². The zero-order chi connectivity index (χ0) is 13.1. The minimum atomic E-state index is 0.340. The number of aromatic nitrogens is 1. The van der Waals surface area contributed by atoms with Crippen molar-refractivity contribution >= 4 is 29.1 Å². The first kappa shape index (κ1) is 12.4. The van der Waals surface area contributed by atoms with Crippen LogP contribution in [-0.4, -0.2) is 10.9 Å². The maximum absolute atomic E-state index is 5.49. The summed E-state index contributed by atoms with van der Waals surface area (Å²) in [6.45, 7) is 6.32. The van der Waals surface area contributed by atoms with E-state index < -0.39 is 0 Å². The van der Waals surface area contributed by atoms with E-state index in [0.717, 1.165) is 11.4 Å². The van der Waals surface area contributed by atoms with Crippen LogP contribution in [0.2, 0.25) is 0 Å². The van der Waals surface area contributed by atoms with Gasteiger partial charge in [-0.3, -0.25) is 0 Å². The predicted molar refractivity (Wildman–Crippen MR) is 79.4 cm³/mol. The molecule has 0 aliphatic rings. The number of rotatable bonds is 3. The zero-order valence-electron chi connectivity index (χ0n) is 11.1. The molecule has 0 amide bonds. The standard InChI is InChI=1S/C15H19N3/c1-4-7-13-12-8-5-6-9-14(12)18(11(2)3)15(13)17-10-16/h4-11H,1-3H3,(H2,16,17)/b7-4-. The SMILES string of the molecule is C/C=C\c1c(N=CN)n(C(C)C)c2ccccc12. The van der Waals surface area contributed by atoms with Crippen LogP contribution in [0.25, 0.3) is 17.0 Å². The molecule has 0 aliphatic heterocycles. The van der Waals surface area contributed by atoms with Gasteiger partial charge < -0.3 is 10.3 Å². The van der Waals surface area contributed by atoms with E-state index in [1.807, 2.05) is 13.0 Å². The number of hydrogen-bond acceptors (Lipinski definition) is 1. The summed E-state index contributed by atoms with van der Waals surface area (Å²) < 4.78 is 2.22.